The van der Waals surface area contributed by atoms with E-state index in [4.69, 9.17) is 0 Å². The Hall–Kier alpha value is -0.570. The quantitative estimate of drug-likeness (QED) is 0.621. The molecule has 0 N–H and O–H groups in total. The number of hydrogen-bond donors (Lipinski definition) is 0. The van der Waals surface area contributed by atoms with Gasteiger partial charge in [0.15, 0.2) is 3.57 Å². The maximum absolute atomic E-state index is 2.22. The van der Waals surface area contributed by atoms with Crippen LogP contribution in [0.5, 0.6) is 0 Å². The molecule has 1 unspecified atom stereocenters. The predicted octanol–water partition coefficient (Wildman–Crippen LogP) is 0.897. The molecule has 0 radical (unpaired) electrons. The van der Waals surface area contributed by atoms with Gasteiger partial charge in [-0.2, -0.15) is 0 Å². The molecule has 1 aromatic carbocycles. The molecule has 16 heavy (non-hydrogen) atoms. The summed E-state index contributed by atoms with van der Waals surface area (Å²) in [5.74, 6) is 0.769. The second-order valence-electron chi connectivity index (χ2n) is 4.27. The molecule has 0 saturated heterocycles. The number of hydrogen-bond acceptors (Lipinski definition) is 0. The van der Waals surface area contributed by atoms with Gasteiger partial charge in [-0.15, -0.1) is 0 Å². The van der Waals surface area contributed by atoms with E-state index in [2.05, 4.69) is 63.3 Å². The van der Waals surface area contributed by atoms with Crippen LogP contribution >= 0.6 is 0 Å². The van der Waals surface area contributed by atoms with E-state index in [1.54, 1.807) is 0 Å². The Morgan fingerprint density at radius 1 is 1.12 bits per heavy atom. The minimum absolute atomic E-state index is 0.769. The van der Waals surface area contributed by atoms with E-state index >= 15 is 0 Å². The van der Waals surface area contributed by atoms with Crippen molar-refractivity contribution in [2.75, 3.05) is 0 Å². The molecule has 1 aliphatic carbocycles. The molecular weight excluding hydrogens is 307 g/mol. The van der Waals surface area contributed by atoms with Crippen molar-refractivity contribution in [3.63, 3.8) is 0 Å². The second-order valence-corrected chi connectivity index (χ2v) is 5.62. The molecule has 0 amide bonds. The molecule has 1 atom stereocenters. The largest absolute Gasteiger partial charge is 0.296 e. The molecular formula is C15H20I+. The average molecular weight is 327 g/mol. The molecule has 0 nitrogen and oxygen atoms in total. The molecule has 0 spiro atoms. The van der Waals surface area contributed by atoms with Crippen LogP contribution in [0.3, 0.4) is 0 Å². The number of benzene rings is 1. The summed E-state index contributed by atoms with van der Waals surface area (Å²) in [5, 5.41) is 0. The van der Waals surface area contributed by atoms with E-state index in [1.807, 2.05) is 22.6 Å². The molecule has 0 fully saturated rings. The van der Waals surface area contributed by atoms with Crippen LogP contribution in [0.4, 0.5) is 0 Å². The van der Waals surface area contributed by atoms with Gasteiger partial charge < -0.3 is 0 Å². The first-order valence-electron chi connectivity index (χ1n) is 5.67. The Morgan fingerprint density at radius 3 is 2.25 bits per heavy atom. The lowest BCUT2D eigenvalue weighted by Gasteiger charge is -2.02. The van der Waals surface area contributed by atoms with Crippen molar-refractivity contribution in [2.45, 2.75) is 27.2 Å². The van der Waals surface area contributed by atoms with Crippen LogP contribution in [0.2, 0.25) is 0 Å². The zero-order valence-corrected chi connectivity index (χ0v) is 12.6. The van der Waals surface area contributed by atoms with Crippen LogP contribution in [0.1, 0.15) is 24.5 Å². The highest BCUT2D eigenvalue weighted by Gasteiger charge is 1.96. The van der Waals surface area contributed by atoms with Gasteiger partial charge in [-0.05, 0) is 49.4 Å². The standard InChI is InChI=1S/C8H10I.C7H10/c1-6-3-4-8(9)5-7(6)2;1-7-5-3-2-4-6-7/h3-5,9H,1-2H3;2-5,7H,6H2,1H3/q+1;. The number of halogens is 1. The fraction of sp³-hybridized carbons (Fsp3) is 0.333. The van der Waals surface area contributed by atoms with Gasteiger partial charge in [-0.3, -0.25) is 0 Å². The number of aryl methyl sites for hydroxylation is 2. The molecule has 2 rings (SSSR count). The van der Waals surface area contributed by atoms with Gasteiger partial charge in [0.25, 0.3) is 22.6 Å². The molecule has 86 valence electrons. The summed E-state index contributed by atoms with van der Waals surface area (Å²) in [4.78, 5) is 0. The van der Waals surface area contributed by atoms with Gasteiger partial charge in [-0.1, -0.05) is 37.3 Å². The molecule has 0 heterocycles. The van der Waals surface area contributed by atoms with Crippen molar-refractivity contribution in [2.24, 2.45) is 5.92 Å². The van der Waals surface area contributed by atoms with Crippen molar-refractivity contribution in [3.05, 3.63) is 57.2 Å². The summed E-state index contributed by atoms with van der Waals surface area (Å²) in [6.07, 6.45) is 9.84. The molecule has 1 heteroatoms. The summed E-state index contributed by atoms with van der Waals surface area (Å²) >= 11 is 2.05. The fourth-order valence-corrected chi connectivity index (χ4v) is 2.12. The van der Waals surface area contributed by atoms with Gasteiger partial charge in [0.05, 0.1) is 0 Å². The smallest absolute Gasteiger partial charge is 0.0840 e. The Labute approximate surface area is 113 Å². The first-order valence-corrected chi connectivity index (χ1v) is 6.83. The number of rotatable bonds is 0. The normalized spacial score (nSPS) is 17.9. The molecule has 0 saturated carbocycles. The second kappa shape index (κ2) is 6.89. The van der Waals surface area contributed by atoms with E-state index < -0.39 is 0 Å². The molecule has 0 aliphatic heterocycles. The van der Waals surface area contributed by atoms with Crippen molar-refractivity contribution in [1.29, 1.82) is 0 Å². The van der Waals surface area contributed by atoms with Crippen LogP contribution in [-0.2, 0) is 0 Å². The zero-order valence-electron chi connectivity index (χ0n) is 10.2. The minimum Gasteiger partial charge on any atom is -0.0840 e. The van der Waals surface area contributed by atoms with Crippen LogP contribution in [0, 0.1) is 23.3 Å². The first kappa shape index (κ1) is 13.5. The maximum Gasteiger partial charge on any atom is 0.296 e. The van der Waals surface area contributed by atoms with Gasteiger partial charge in [0, 0.05) is 0 Å². The van der Waals surface area contributed by atoms with E-state index in [9.17, 15) is 0 Å². The lowest BCUT2D eigenvalue weighted by atomic mass is 10.0. The molecule has 0 aromatic heterocycles. The van der Waals surface area contributed by atoms with Crippen LogP contribution < -0.4 is 22.6 Å². The maximum atomic E-state index is 2.22. The molecule has 0 bridgehead atoms. The highest BCUT2D eigenvalue weighted by Crippen LogP contribution is 2.08. The lowest BCUT2D eigenvalue weighted by molar-refractivity contribution is -0.328. The highest BCUT2D eigenvalue weighted by molar-refractivity contribution is 5.22. The first-order chi connectivity index (χ1) is 7.59. The summed E-state index contributed by atoms with van der Waals surface area (Å²) in [6, 6.07) is 6.51. The zero-order chi connectivity index (χ0) is 12.0. The third kappa shape index (κ3) is 4.97. The van der Waals surface area contributed by atoms with Crippen LogP contribution in [0.25, 0.3) is 0 Å². The highest BCUT2D eigenvalue weighted by atomic mass is 127. The monoisotopic (exact) mass is 327 g/mol. The van der Waals surface area contributed by atoms with E-state index in [1.165, 1.54) is 21.1 Å². The van der Waals surface area contributed by atoms with Gasteiger partial charge in [0.1, 0.15) is 0 Å². The summed E-state index contributed by atoms with van der Waals surface area (Å²) in [6.45, 7) is 6.50. The van der Waals surface area contributed by atoms with Crippen molar-refractivity contribution >= 4 is 0 Å². The fourth-order valence-electron chi connectivity index (χ4n) is 1.42. The minimum atomic E-state index is 0.769. The Morgan fingerprint density at radius 2 is 1.88 bits per heavy atom. The van der Waals surface area contributed by atoms with E-state index in [0.29, 0.717) is 0 Å². The Kier molecular flexibility index (Phi) is 5.81. The Balaban J connectivity index is 0.000000165. The molecule has 1 aromatic rings. The average Bonchev–Trinajstić information content (AvgIpc) is 2.26. The SMILES string of the molecule is CC1C=CC=CC1.Cc1ccc([IH+])cc1C. The summed E-state index contributed by atoms with van der Waals surface area (Å²) in [5.41, 5.74) is 2.76. The summed E-state index contributed by atoms with van der Waals surface area (Å²) in [7, 11) is 0. The number of allylic oxidation sites excluding steroid dienone is 4. The van der Waals surface area contributed by atoms with Crippen molar-refractivity contribution in [3.8, 4) is 0 Å². The van der Waals surface area contributed by atoms with Gasteiger partial charge >= 0.3 is 0 Å². The Bertz CT molecular complexity index is 388. The summed E-state index contributed by atoms with van der Waals surface area (Å²) < 4.78 is 1.36. The van der Waals surface area contributed by atoms with Crippen molar-refractivity contribution in [1.82, 2.24) is 0 Å². The topological polar surface area (TPSA) is 0 Å². The van der Waals surface area contributed by atoms with E-state index in [-0.39, 0.29) is 0 Å². The third-order valence-corrected chi connectivity index (χ3v) is 3.40. The third-order valence-electron chi connectivity index (χ3n) is 2.67. The lowest BCUT2D eigenvalue weighted by Crippen LogP contribution is -3.34. The van der Waals surface area contributed by atoms with Crippen molar-refractivity contribution < 1.29 is 22.6 Å². The van der Waals surface area contributed by atoms with Gasteiger partial charge in [0.2, 0.25) is 0 Å². The predicted molar refractivity (Wildman–Crippen MR) is 68.1 cm³/mol. The van der Waals surface area contributed by atoms with Crippen LogP contribution in [-0.4, -0.2) is 0 Å². The van der Waals surface area contributed by atoms with E-state index in [0.717, 1.165) is 5.92 Å². The van der Waals surface area contributed by atoms with Crippen LogP contribution in [0.15, 0.2) is 42.5 Å². The molecule has 1 aliphatic rings. The van der Waals surface area contributed by atoms with Gasteiger partial charge in [-0.25, -0.2) is 0 Å².